The average molecular weight is 448 g/mol. The molecule has 0 saturated carbocycles. The van der Waals surface area contributed by atoms with Gasteiger partial charge in [-0.15, -0.1) is 0 Å². The average Bonchev–Trinajstić information content (AvgIpc) is 3.25. The van der Waals surface area contributed by atoms with Gasteiger partial charge in [0.15, 0.2) is 0 Å². The molecule has 33 heavy (non-hydrogen) atoms. The second kappa shape index (κ2) is 9.10. The van der Waals surface area contributed by atoms with E-state index in [1.807, 2.05) is 24.3 Å². The molecule has 2 aliphatic heterocycles. The number of hydrogen-bond acceptors (Lipinski definition) is 5. The molecule has 174 valence electrons. The van der Waals surface area contributed by atoms with E-state index in [-0.39, 0.29) is 11.4 Å². The highest BCUT2D eigenvalue weighted by atomic mass is 16.7. The topological polar surface area (TPSA) is 66.6 Å². The Labute approximate surface area is 195 Å². The van der Waals surface area contributed by atoms with E-state index in [1.54, 1.807) is 7.11 Å². The molecule has 6 heteroatoms. The summed E-state index contributed by atoms with van der Waals surface area (Å²) in [6.45, 7) is 4.50. The number of ether oxygens (including phenoxy) is 1. The van der Waals surface area contributed by atoms with Crippen molar-refractivity contribution in [3.63, 3.8) is 0 Å². The van der Waals surface area contributed by atoms with Crippen molar-refractivity contribution in [3.8, 4) is 5.75 Å². The van der Waals surface area contributed by atoms with Gasteiger partial charge in [-0.05, 0) is 80.0 Å². The van der Waals surface area contributed by atoms with Gasteiger partial charge in [0.25, 0.3) is 0 Å². The first kappa shape index (κ1) is 21.8. The molecule has 0 spiro atoms. The van der Waals surface area contributed by atoms with Crippen LogP contribution < -0.4 is 10.2 Å². The number of H-pyrrole nitrogens is 1. The van der Waals surface area contributed by atoms with Gasteiger partial charge in [0, 0.05) is 29.6 Å². The number of piperidine rings is 1. The molecule has 2 N–H and O–H groups in total. The summed E-state index contributed by atoms with van der Waals surface area (Å²) in [7, 11) is 1.63. The molecule has 0 unspecified atom stereocenters. The molecule has 3 aromatic rings. The lowest BCUT2D eigenvalue weighted by molar-refractivity contribution is -0.142. The summed E-state index contributed by atoms with van der Waals surface area (Å²) in [6, 6.07) is 16.3. The van der Waals surface area contributed by atoms with Crippen LogP contribution in [-0.4, -0.2) is 36.1 Å². The molecule has 0 aliphatic carbocycles. The predicted octanol–water partition coefficient (Wildman–Crippen LogP) is 5.62. The number of anilines is 1. The van der Waals surface area contributed by atoms with Gasteiger partial charge in [-0.3, -0.25) is 4.90 Å². The summed E-state index contributed by atoms with van der Waals surface area (Å²) >= 11 is 0. The van der Waals surface area contributed by atoms with E-state index in [1.165, 1.54) is 28.6 Å². The maximum Gasteiger partial charge on any atom is 0.332 e. The lowest BCUT2D eigenvalue weighted by Gasteiger charge is -2.52. The van der Waals surface area contributed by atoms with Crippen molar-refractivity contribution in [1.82, 2.24) is 9.88 Å². The number of aromatic nitrogens is 1. The number of carbonyl (C=O) groups is 1. The van der Waals surface area contributed by atoms with Crippen LogP contribution in [0.5, 0.6) is 5.75 Å². The zero-order valence-electron chi connectivity index (χ0n) is 19.5. The number of para-hydroxylation sites is 1. The van der Waals surface area contributed by atoms with Crippen LogP contribution in [0.2, 0.25) is 0 Å². The Bertz CT molecular complexity index is 1120. The van der Waals surface area contributed by atoms with E-state index < -0.39 is 0 Å². The number of rotatable bonds is 7. The number of nitrogens with one attached hydrogen (secondary N) is 2. The first-order chi connectivity index (χ1) is 16.1. The van der Waals surface area contributed by atoms with Crippen LogP contribution in [0.3, 0.4) is 0 Å². The van der Waals surface area contributed by atoms with Crippen molar-refractivity contribution in [3.05, 3.63) is 59.8 Å². The van der Waals surface area contributed by atoms with Crippen molar-refractivity contribution < 1.29 is 14.4 Å². The highest BCUT2D eigenvalue weighted by Gasteiger charge is 2.47. The SMILES string of the molecule is CC[C@]1(CCC(=O)ONc2ccc(OC)cc2)CCCN2CCc3c([nH]c4ccccc34)[C@@H]21. The summed E-state index contributed by atoms with van der Waals surface area (Å²) in [5.41, 5.74) is 7.64. The van der Waals surface area contributed by atoms with Crippen LogP contribution >= 0.6 is 0 Å². The van der Waals surface area contributed by atoms with Crippen LogP contribution in [-0.2, 0) is 16.1 Å². The summed E-state index contributed by atoms with van der Waals surface area (Å²) in [5.74, 6) is 0.547. The Balaban J connectivity index is 1.31. The van der Waals surface area contributed by atoms with Crippen LogP contribution in [0.15, 0.2) is 48.5 Å². The zero-order valence-corrected chi connectivity index (χ0v) is 19.5. The smallest absolute Gasteiger partial charge is 0.332 e. The molecule has 0 radical (unpaired) electrons. The van der Waals surface area contributed by atoms with Gasteiger partial charge < -0.3 is 14.6 Å². The molecular weight excluding hydrogens is 414 g/mol. The second-order valence-corrected chi connectivity index (χ2v) is 9.38. The number of carbonyl (C=O) groups excluding carboxylic acids is 1. The minimum absolute atomic E-state index is 0.0629. The van der Waals surface area contributed by atoms with E-state index in [9.17, 15) is 4.79 Å². The highest BCUT2D eigenvalue weighted by Crippen LogP contribution is 2.53. The van der Waals surface area contributed by atoms with Gasteiger partial charge in [-0.25, -0.2) is 10.3 Å². The fraction of sp³-hybridized carbons (Fsp3) is 0.444. The normalized spacial score (nSPS) is 22.4. The van der Waals surface area contributed by atoms with Crippen molar-refractivity contribution in [2.75, 3.05) is 25.7 Å². The molecule has 0 amide bonds. The fourth-order valence-electron chi connectivity index (χ4n) is 5.98. The minimum atomic E-state index is -0.219. The Hall–Kier alpha value is -2.99. The van der Waals surface area contributed by atoms with E-state index in [2.05, 4.69) is 46.6 Å². The number of hydrogen-bond donors (Lipinski definition) is 2. The maximum atomic E-state index is 12.7. The molecule has 1 fully saturated rings. The quantitative estimate of drug-likeness (QED) is 0.461. The van der Waals surface area contributed by atoms with Crippen LogP contribution in [0.4, 0.5) is 5.69 Å². The number of nitrogens with zero attached hydrogens (tertiary/aromatic N) is 1. The summed E-state index contributed by atoms with van der Waals surface area (Å²) in [5, 5.41) is 1.35. The lowest BCUT2D eigenvalue weighted by Crippen LogP contribution is -2.49. The Morgan fingerprint density at radius 2 is 2.00 bits per heavy atom. The fourth-order valence-corrected chi connectivity index (χ4v) is 5.98. The number of fused-ring (bicyclic) bond motifs is 5. The Morgan fingerprint density at radius 3 is 2.79 bits per heavy atom. The van der Waals surface area contributed by atoms with E-state index >= 15 is 0 Å². The van der Waals surface area contributed by atoms with Crippen molar-refractivity contribution >= 4 is 22.6 Å². The Morgan fingerprint density at radius 1 is 1.18 bits per heavy atom. The predicted molar refractivity (Wildman–Crippen MR) is 130 cm³/mol. The molecule has 2 aromatic carbocycles. The van der Waals surface area contributed by atoms with Gasteiger partial charge in [0.2, 0.25) is 0 Å². The molecule has 3 heterocycles. The van der Waals surface area contributed by atoms with E-state index in [4.69, 9.17) is 9.57 Å². The van der Waals surface area contributed by atoms with Gasteiger partial charge in [-0.1, -0.05) is 25.1 Å². The first-order valence-electron chi connectivity index (χ1n) is 12.1. The van der Waals surface area contributed by atoms with Crippen LogP contribution in [0.1, 0.15) is 56.3 Å². The second-order valence-electron chi connectivity index (χ2n) is 9.38. The number of methoxy groups -OCH3 is 1. The molecule has 1 aromatic heterocycles. The molecule has 2 atom stereocenters. The van der Waals surface area contributed by atoms with Crippen molar-refractivity contribution in [2.45, 2.75) is 51.5 Å². The summed E-state index contributed by atoms with van der Waals surface area (Å²) < 4.78 is 5.17. The molecule has 6 nitrogen and oxygen atoms in total. The van der Waals surface area contributed by atoms with Gasteiger partial charge >= 0.3 is 5.97 Å². The van der Waals surface area contributed by atoms with E-state index in [0.29, 0.717) is 12.5 Å². The maximum absolute atomic E-state index is 12.7. The summed E-state index contributed by atoms with van der Waals surface area (Å²) in [4.78, 5) is 24.5. The van der Waals surface area contributed by atoms with Gasteiger partial charge in [0.1, 0.15) is 5.75 Å². The Kier molecular flexibility index (Phi) is 6.02. The van der Waals surface area contributed by atoms with Gasteiger partial charge in [0.05, 0.1) is 18.8 Å². The molecule has 5 rings (SSSR count). The number of benzene rings is 2. The van der Waals surface area contributed by atoms with Crippen molar-refractivity contribution in [1.29, 1.82) is 0 Å². The van der Waals surface area contributed by atoms with Crippen molar-refractivity contribution in [2.24, 2.45) is 5.41 Å². The number of aromatic amines is 1. The van der Waals surface area contributed by atoms with E-state index in [0.717, 1.165) is 50.2 Å². The molecule has 2 aliphatic rings. The van der Waals surface area contributed by atoms with Crippen LogP contribution in [0, 0.1) is 5.41 Å². The molecule has 0 bridgehead atoms. The zero-order chi connectivity index (χ0) is 22.8. The standard InChI is InChI=1S/C27H33N3O3/c1-3-27(16-13-24(31)33-29-19-9-11-20(32-2)12-10-19)15-6-17-30-18-14-22-21-7-4-5-8-23(21)28-25(22)26(27)30/h4-5,7-12,26,28-29H,3,6,13-18H2,1-2H3/t26-,27-/m1/s1. The third-order valence-electron chi connectivity index (χ3n) is 7.74. The summed E-state index contributed by atoms with van der Waals surface area (Å²) in [6.07, 6.45) is 5.67. The highest BCUT2D eigenvalue weighted by molar-refractivity contribution is 5.85. The largest absolute Gasteiger partial charge is 0.497 e. The molecule has 1 saturated heterocycles. The molecular formula is C27H33N3O3. The van der Waals surface area contributed by atoms with Crippen LogP contribution in [0.25, 0.3) is 10.9 Å². The lowest BCUT2D eigenvalue weighted by atomic mass is 9.65. The minimum Gasteiger partial charge on any atom is -0.497 e. The monoisotopic (exact) mass is 447 g/mol. The van der Waals surface area contributed by atoms with Gasteiger partial charge in [-0.2, -0.15) is 0 Å². The third-order valence-corrected chi connectivity index (χ3v) is 7.74. The third kappa shape index (κ3) is 4.08. The first-order valence-corrected chi connectivity index (χ1v) is 12.1.